The third-order valence-electron chi connectivity index (χ3n) is 8.43. The van der Waals surface area contributed by atoms with E-state index in [1.165, 1.54) is 44.0 Å². The number of rotatable bonds is 3. The zero-order chi connectivity index (χ0) is 27.6. The highest BCUT2D eigenvalue weighted by Gasteiger charge is 2.18. The molecule has 0 aliphatic heterocycles. The Morgan fingerprint density at radius 3 is 1.76 bits per heavy atom. The Bertz CT molecular complexity index is 2450. The van der Waals surface area contributed by atoms with Gasteiger partial charge in [-0.3, -0.25) is 9.97 Å². The summed E-state index contributed by atoms with van der Waals surface area (Å²) in [5.41, 5.74) is 10.3. The number of benzene rings is 5. The lowest BCUT2D eigenvalue weighted by atomic mass is 10.0. The number of hydrogen-bond acceptors (Lipinski definition) is 2. The summed E-state index contributed by atoms with van der Waals surface area (Å²) in [4.78, 5) is 9.27. The highest BCUT2D eigenvalue weighted by molar-refractivity contribution is 6.18. The molecule has 4 heterocycles. The van der Waals surface area contributed by atoms with Crippen molar-refractivity contribution in [1.29, 1.82) is 0 Å². The number of nitrogens with zero attached hydrogens (tertiary/aromatic N) is 4. The van der Waals surface area contributed by atoms with Crippen molar-refractivity contribution in [3.05, 3.63) is 146 Å². The Morgan fingerprint density at radius 2 is 1.02 bits per heavy atom. The van der Waals surface area contributed by atoms with E-state index in [2.05, 4.69) is 135 Å². The smallest absolute Gasteiger partial charge is 0.0754 e. The van der Waals surface area contributed by atoms with Crippen LogP contribution in [-0.4, -0.2) is 19.1 Å². The van der Waals surface area contributed by atoms with Crippen LogP contribution in [0.5, 0.6) is 0 Å². The summed E-state index contributed by atoms with van der Waals surface area (Å²) in [7, 11) is 0. The molecule has 0 radical (unpaired) electrons. The van der Waals surface area contributed by atoms with Gasteiger partial charge in [0, 0.05) is 56.9 Å². The first kappa shape index (κ1) is 23.0. The fourth-order valence-corrected chi connectivity index (χ4v) is 6.56. The monoisotopic (exact) mass is 536 g/mol. The zero-order valence-electron chi connectivity index (χ0n) is 22.6. The molecule has 0 spiro atoms. The SMILES string of the molecule is c1ccc(-n2c3ccccc3c3cc(-c4ccc5c(c4)c4cnc6ccncc6c4n5-c4ccccc4)ccc32)cc1. The van der Waals surface area contributed by atoms with E-state index in [9.17, 15) is 0 Å². The molecule has 0 saturated heterocycles. The van der Waals surface area contributed by atoms with E-state index in [0.29, 0.717) is 0 Å². The van der Waals surface area contributed by atoms with Gasteiger partial charge in [-0.05, 0) is 71.8 Å². The van der Waals surface area contributed by atoms with Crippen LogP contribution < -0.4 is 0 Å². The Morgan fingerprint density at radius 1 is 0.429 bits per heavy atom. The van der Waals surface area contributed by atoms with E-state index in [1.807, 2.05) is 18.5 Å². The Labute approximate surface area is 241 Å². The fourth-order valence-electron chi connectivity index (χ4n) is 6.56. The lowest BCUT2D eigenvalue weighted by Gasteiger charge is -2.10. The Hall–Kier alpha value is -5.74. The van der Waals surface area contributed by atoms with Crippen molar-refractivity contribution in [2.24, 2.45) is 0 Å². The second kappa shape index (κ2) is 8.88. The van der Waals surface area contributed by atoms with Gasteiger partial charge in [-0.2, -0.15) is 0 Å². The van der Waals surface area contributed by atoms with Crippen LogP contribution in [0.3, 0.4) is 0 Å². The van der Waals surface area contributed by atoms with Gasteiger partial charge in [0.15, 0.2) is 0 Å². The van der Waals surface area contributed by atoms with Gasteiger partial charge in [0.25, 0.3) is 0 Å². The molecule has 0 saturated carbocycles. The van der Waals surface area contributed by atoms with Gasteiger partial charge < -0.3 is 9.13 Å². The minimum Gasteiger partial charge on any atom is -0.309 e. The summed E-state index contributed by atoms with van der Waals surface area (Å²) in [6.45, 7) is 0. The Balaban J connectivity index is 1.31. The van der Waals surface area contributed by atoms with Crippen LogP contribution in [0, 0.1) is 0 Å². The maximum atomic E-state index is 4.82. The van der Waals surface area contributed by atoms with E-state index in [0.717, 1.165) is 33.0 Å². The molecule has 4 aromatic heterocycles. The summed E-state index contributed by atoms with van der Waals surface area (Å²) < 4.78 is 4.70. The number of hydrogen-bond donors (Lipinski definition) is 0. The average molecular weight is 537 g/mol. The predicted molar refractivity (Wildman–Crippen MR) is 174 cm³/mol. The van der Waals surface area contributed by atoms with Crippen LogP contribution in [0.4, 0.5) is 0 Å². The van der Waals surface area contributed by atoms with Gasteiger partial charge in [-0.1, -0.05) is 66.7 Å². The number of pyridine rings is 2. The van der Waals surface area contributed by atoms with E-state index >= 15 is 0 Å². The van der Waals surface area contributed by atoms with E-state index in [4.69, 9.17) is 4.98 Å². The minimum atomic E-state index is 0.943. The first-order valence-electron chi connectivity index (χ1n) is 14.2. The van der Waals surface area contributed by atoms with Crippen LogP contribution in [0.15, 0.2) is 146 Å². The maximum absolute atomic E-state index is 4.82. The van der Waals surface area contributed by atoms with Gasteiger partial charge in [-0.25, -0.2) is 0 Å². The molecule has 42 heavy (non-hydrogen) atoms. The molecule has 0 N–H and O–H groups in total. The normalized spacial score (nSPS) is 11.8. The van der Waals surface area contributed by atoms with Crippen LogP contribution >= 0.6 is 0 Å². The van der Waals surface area contributed by atoms with Gasteiger partial charge >= 0.3 is 0 Å². The van der Waals surface area contributed by atoms with E-state index < -0.39 is 0 Å². The molecule has 196 valence electrons. The molecule has 0 fully saturated rings. The van der Waals surface area contributed by atoms with Crippen molar-refractivity contribution >= 4 is 54.5 Å². The van der Waals surface area contributed by atoms with Crippen molar-refractivity contribution in [2.45, 2.75) is 0 Å². The summed E-state index contributed by atoms with van der Waals surface area (Å²) in [5, 5.41) is 5.85. The first-order valence-corrected chi connectivity index (χ1v) is 14.2. The van der Waals surface area contributed by atoms with Crippen molar-refractivity contribution < 1.29 is 0 Å². The molecular weight excluding hydrogens is 512 g/mol. The van der Waals surface area contributed by atoms with E-state index in [-0.39, 0.29) is 0 Å². The molecule has 9 rings (SSSR count). The van der Waals surface area contributed by atoms with Crippen LogP contribution in [0.25, 0.3) is 77.0 Å². The average Bonchev–Trinajstić information content (AvgIpc) is 3.58. The second-order valence-corrected chi connectivity index (χ2v) is 10.7. The minimum absolute atomic E-state index is 0.943. The van der Waals surface area contributed by atoms with Crippen molar-refractivity contribution in [3.8, 4) is 22.5 Å². The molecule has 0 atom stereocenters. The summed E-state index contributed by atoms with van der Waals surface area (Å²) in [5.74, 6) is 0. The quantitative estimate of drug-likeness (QED) is 0.225. The summed E-state index contributed by atoms with van der Waals surface area (Å²) in [6, 6.07) is 45.5. The first-order chi connectivity index (χ1) is 20.8. The summed E-state index contributed by atoms with van der Waals surface area (Å²) >= 11 is 0. The Kier molecular flexibility index (Phi) is 4.87. The third-order valence-corrected chi connectivity index (χ3v) is 8.43. The fraction of sp³-hybridized carbons (Fsp3) is 0. The van der Waals surface area contributed by atoms with Gasteiger partial charge in [0.05, 0.1) is 27.6 Å². The number of fused-ring (bicyclic) bond motifs is 8. The van der Waals surface area contributed by atoms with Gasteiger partial charge in [0.2, 0.25) is 0 Å². The zero-order valence-corrected chi connectivity index (χ0v) is 22.6. The molecule has 0 aliphatic carbocycles. The van der Waals surface area contributed by atoms with Crippen LogP contribution in [0.1, 0.15) is 0 Å². The lowest BCUT2D eigenvalue weighted by Crippen LogP contribution is -1.94. The molecule has 5 aromatic carbocycles. The molecule has 0 bridgehead atoms. The van der Waals surface area contributed by atoms with Gasteiger partial charge in [0.1, 0.15) is 0 Å². The van der Waals surface area contributed by atoms with Crippen molar-refractivity contribution in [3.63, 3.8) is 0 Å². The third kappa shape index (κ3) is 3.29. The van der Waals surface area contributed by atoms with Crippen molar-refractivity contribution in [1.82, 2.24) is 19.1 Å². The largest absolute Gasteiger partial charge is 0.309 e. The highest BCUT2D eigenvalue weighted by atomic mass is 15.0. The molecular formula is C38H24N4. The molecule has 4 heteroatoms. The lowest BCUT2D eigenvalue weighted by molar-refractivity contribution is 1.18. The topological polar surface area (TPSA) is 35.6 Å². The van der Waals surface area contributed by atoms with Crippen molar-refractivity contribution in [2.75, 3.05) is 0 Å². The molecule has 4 nitrogen and oxygen atoms in total. The maximum Gasteiger partial charge on any atom is 0.0754 e. The summed E-state index contributed by atoms with van der Waals surface area (Å²) in [6.07, 6.45) is 5.75. The second-order valence-electron chi connectivity index (χ2n) is 10.7. The molecule has 0 amide bonds. The molecule has 0 unspecified atom stereocenters. The van der Waals surface area contributed by atoms with E-state index in [1.54, 1.807) is 6.20 Å². The highest BCUT2D eigenvalue weighted by Crippen LogP contribution is 2.39. The molecule has 9 aromatic rings. The molecule has 0 aliphatic rings. The number of aromatic nitrogens is 4. The standard InChI is InChI=1S/C38H24N4/c1-3-9-27(10-4-1)41-35-14-8-7-13-29(35)30-21-25(15-17-36(30)41)26-16-18-37-31(22-26)32-24-40-34-19-20-39-23-33(34)38(32)42(37)28-11-5-2-6-12-28/h1-24H. The van der Waals surface area contributed by atoms with Crippen LogP contribution in [0.2, 0.25) is 0 Å². The number of para-hydroxylation sites is 3. The van der Waals surface area contributed by atoms with Crippen LogP contribution in [-0.2, 0) is 0 Å². The van der Waals surface area contributed by atoms with Gasteiger partial charge in [-0.15, -0.1) is 0 Å². The predicted octanol–water partition coefficient (Wildman–Crippen LogP) is 9.49.